The largest absolute Gasteiger partial charge is 0.500 e. The first-order valence-electron chi connectivity index (χ1n) is 4.58. The number of hydrogen-bond donors (Lipinski definition) is 0. The fraction of sp³-hybridized carbons (Fsp3) is 0.667. The van der Waals surface area contributed by atoms with Gasteiger partial charge in [0.2, 0.25) is 0 Å². The van der Waals surface area contributed by atoms with Gasteiger partial charge in [0, 0.05) is 33.4 Å². The summed E-state index contributed by atoms with van der Waals surface area (Å²) in [5, 5.41) is 0. The molecule has 0 atom stereocenters. The van der Waals surface area contributed by atoms with Gasteiger partial charge in [0.1, 0.15) is 0 Å². The Morgan fingerprint density at radius 3 is 2.12 bits per heavy atom. The average Bonchev–Trinajstić information content (AvgIpc) is 2.30. The van der Waals surface area contributed by atoms with Crippen LogP contribution in [0.25, 0.3) is 0 Å². The molecule has 5 nitrogen and oxygen atoms in total. The van der Waals surface area contributed by atoms with Crippen LogP contribution in [-0.2, 0) is 22.8 Å². The van der Waals surface area contributed by atoms with Gasteiger partial charge in [-0.05, 0) is 17.4 Å². The lowest BCUT2D eigenvalue weighted by atomic mass is 10.5. The minimum Gasteiger partial charge on any atom is -0.463 e. The van der Waals surface area contributed by atoms with E-state index in [9.17, 15) is 4.79 Å². The van der Waals surface area contributed by atoms with Gasteiger partial charge < -0.3 is 18.0 Å². The molecule has 16 heavy (non-hydrogen) atoms. The van der Waals surface area contributed by atoms with E-state index in [0.717, 1.165) is 6.08 Å². The summed E-state index contributed by atoms with van der Waals surface area (Å²) in [6, 6.07) is 0.612. The van der Waals surface area contributed by atoms with E-state index >= 15 is 0 Å². The van der Waals surface area contributed by atoms with Gasteiger partial charge in [-0.2, -0.15) is 0 Å². The van der Waals surface area contributed by atoms with Crippen molar-refractivity contribution in [1.29, 1.82) is 0 Å². The molecule has 0 unspecified atom stereocenters. The molecule has 0 spiro atoms. The second-order valence-electron chi connectivity index (χ2n) is 2.77. The molecule has 96 valence electrons. The Balaban J connectivity index is 0. The van der Waals surface area contributed by atoms with Gasteiger partial charge >= 0.3 is 14.8 Å². The topological polar surface area (TPSA) is 54.0 Å². The third-order valence-electron chi connectivity index (χ3n) is 1.97. The van der Waals surface area contributed by atoms with E-state index in [1.54, 1.807) is 21.3 Å². The standard InChI is InChI=1S/C9H18O5Si.H4Si/c1-5-9(10)14-7-6-8-15(11-2,12-3)13-4;/h5H,1,6-8H2,2-4H3;1H4. The molecule has 7 heteroatoms. The minimum atomic E-state index is -2.52. The fourth-order valence-corrected chi connectivity index (χ4v) is 2.77. The monoisotopic (exact) mass is 266 g/mol. The third kappa shape index (κ3) is 6.18. The molecule has 0 fully saturated rings. The Bertz CT molecular complexity index is 198. The smallest absolute Gasteiger partial charge is 0.463 e. The Kier molecular flexibility index (Phi) is 10.9. The molecule has 0 aliphatic carbocycles. The summed E-state index contributed by atoms with van der Waals surface area (Å²) in [5.41, 5.74) is 0. The van der Waals surface area contributed by atoms with E-state index in [-0.39, 0.29) is 11.0 Å². The minimum absolute atomic E-state index is 0. The average molecular weight is 266 g/mol. The van der Waals surface area contributed by atoms with Crippen molar-refractivity contribution in [2.24, 2.45) is 0 Å². The van der Waals surface area contributed by atoms with Crippen LogP contribution in [0.4, 0.5) is 0 Å². The van der Waals surface area contributed by atoms with Crippen molar-refractivity contribution in [1.82, 2.24) is 0 Å². The molecular formula is C9H22O5Si2. The maximum atomic E-state index is 10.7. The highest BCUT2D eigenvalue weighted by Crippen LogP contribution is 2.14. The maximum absolute atomic E-state index is 10.7. The molecule has 0 saturated heterocycles. The lowest BCUT2D eigenvalue weighted by molar-refractivity contribution is -0.137. The highest BCUT2D eigenvalue weighted by atomic mass is 28.4. The molecule has 0 bridgehead atoms. The van der Waals surface area contributed by atoms with Gasteiger partial charge in [0.05, 0.1) is 6.61 Å². The zero-order valence-corrected chi connectivity index (χ0v) is 10.4. The number of esters is 1. The molecule has 0 saturated carbocycles. The number of hydrogen-bond acceptors (Lipinski definition) is 5. The molecule has 0 aromatic rings. The molecule has 0 rings (SSSR count). The van der Waals surface area contributed by atoms with Crippen molar-refractivity contribution in [2.45, 2.75) is 12.5 Å². The molecular weight excluding hydrogens is 244 g/mol. The van der Waals surface area contributed by atoms with Crippen molar-refractivity contribution >= 4 is 25.7 Å². The normalized spacial score (nSPS) is 10.4. The summed E-state index contributed by atoms with van der Waals surface area (Å²) in [4.78, 5) is 10.7. The van der Waals surface area contributed by atoms with E-state index in [1.807, 2.05) is 0 Å². The van der Waals surface area contributed by atoms with E-state index < -0.39 is 14.8 Å². The predicted octanol–water partition coefficient (Wildman–Crippen LogP) is -0.468. The molecule has 0 radical (unpaired) electrons. The van der Waals surface area contributed by atoms with Crippen LogP contribution < -0.4 is 0 Å². The summed E-state index contributed by atoms with van der Waals surface area (Å²) in [6.45, 7) is 3.61. The van der Waals surface area contributed by atoms with Crippen molar-refractivity contribution in [3.8, 4) is 0 Å². The van der Waals surface area contributed by atoms with Crippen LogP contribution in [0.1, 0.15) is 6.42 Å². The highest BCUT2D eigenvalue weighted by Gasteiger charge is 2.36. The zero-order valence-electron chi connectivity index (χ0n) is 9.45. The van der Waals surface area contributed by atoms with E-state index in [1.165, 1.54) is 0 Å². The zero-order chi connectivity index (χ0) is 11.7. The second-order valence-corrected chi connectivity index (χ2v) is 5.86. The summed E-state index contributed by atoms with van der Waals surface area (Å²) in [6.07, 6.45) is 1.77. The lowest BCUT2D eigenvalue weighted by Gasteiger charge is -2.23. The molecule has 0 heterocycles. The van der Waals surface area contributed by atoms with Crippen LogP contribution in [0.3, 0.4) is 0 Å². The van der Waals surface area contributed by atoms with Gasteiger partial charge in [-0.3, -0.25) is 0 Å². The van der Waals surface area contributed by atoms with Crippen LogP contribution in [0.5, 0.6) is 0 Å². The van der Waals surface area contributed by atoms with Crippen molar-refractivity contribution in [3.05, 3.63) is 12.7 Å². The summed E-state index contributed by atoms with van der Waals surface area (Å²) in [5.74, 6) is -0.422. The van der Waals surface area contributed by atoms with Gasteiger partial charge in [0.15, 0.2) is 0 Å². The first kappa shape index (κ1) is 17.9. The van der Waals surface area contributed by atoms with Crippen molar-refractivity contribution in [3.63, 3.8) is 0 Å². The number of carbonyl (C=O) groups excluding carboxylic acids is 1. The van der Waals surface area contributed by atoms with E-state index in [2.05, 4.69) is 6.58 Å². The lowest BCUT2D eigenvalue weighted by Crippen LogP contribution is -2.42. The fourth-order valence-electron chi connectivity index (χ4n) is 1.08. The third-order valence-corrected chi connectivity index (χ3v) is 4.80. The van der Waals surface area contributed by atoms with E-state index in [0.29, 0.717) is 19.1 Å². The van der Waals surface area contributed by atoms with Gasteiger partial charge in [-0.25, -0.2) is 4.79 Å². The van der Waals surface area contributed by atoms with E-state index in [4.69, 9.17) is 18.0 Å². The first-order chi connectivity index (χ1) is 7.14. The Morgan fingerprint density at radius 1 is 1.25 bits per heavy atom. The van der Waals surface area contributed by atoms with Crippen LogP contribution >= 0.6 is 0 Å². The SMILES string of the molecule is C=CC(=O)OCCC[Si](OC)(OC)OC.[SiH4]. The molecule has 0 aliphatic heterocycles. The van der Waals surface area contributed by atoms with Crippen molar-refractivity contribution in [2.75, 3.05) is 27.9 Å². The summed E-state index contributed by atoms with van der Waals surface area (Å²) < 4.78 is 20.4. The molecule has 0 amide bonds. The highest BCUT2D eigenvalue weighted by molar-refractivity contribution is 6.60. The quantitative estimate of drug-likeness (QED) is 0.257. The van der Waals surface area contributed by atoms with Gasteiger partial charge in [-0.15, -0.1) is 0 Å². The number of carbonyl (C=O) groups is 1. The molecule has 0 N–H and O–H groups in total. The molecule has 0 aliphatic rings. The second kappa shape index (κ2) is 9.73. The summed E-state index contributed by atoms with van der Waals surface area (Å²) >= 11 is 0. The van der Waals surface area contributed by atoms with Gasteiger partial charge in [0.25, 0.3) is 0 Å². The van der Waals surface area contributed by atoms with Crippen LogP contribution in [0.15, 0.2) is 12.7 Å². The Hall–Kier alpha value is -0.476. The van der Waals surface area contributed by atoms with Crippen LogP contribution in [0.2, 0.25) is 6.04 Å². The summed E-state index contributed by atoms with van der Waals surface area (Å²) in [7, 11) is 2.13. The van der Waals surface area contributed by atoms with Crippen molar-refractivity contribution < 1.29 is 22.8 Å². The number of rotatable bonds is 8. The van der Waals surface area contributed by atoms with Gasteiger partial charge in [-0.1, -0.05) is 6.58 Å². The Morgan fingerprint density at radius 2 is 1.75 bits per heavy atom. The number of ether oxygens (including phenoxy) is 1. The van der Waals surface area contributed by atoms with Crippen LogP contribution in [0, 0.1) is 0 Å². The predicted molar refractivity (Wildman–Crippen MR) is 68.7 cm³/mol. The molecule has 0 aromatic heterocycles. The molecule has 0 aromatic carbocycles. The maximum Gasteiger partial charge on any atom is 0.500 e. The first-order valence-corrected chi connectivity index (χ1v) is 6.52. The van der Waals surface area contributed by atoms with Crippen LogP contribution in [-0.4, -0.2) is 53.7 Å². The Labute approximate surface area is 102 Å².